The fourth-order valence-corrected chi connectivity index (χ4v) is 1.32. The van der Waals surface area contributed by atoms with Crippen LogP contribution in [0.4, 0.5) is 4.79 Å². The molecule has 0 aromatic rings. The van der Waals surface area contributed by atoms with E-state index < -0.39 is 6.16 Å². The van der Waals surface area contributed by atoms with Crippen molar-refractivity contribution in [3.63, 3.8) is 0 Å². The second kappa shape index (κ2) is 4.84. The lowest BCUT2D eigenvalue weighted by molar-refractivity contribution is -0.122. The summed E-state index contributed by atoms with van der Waals surface area (Å²) < 4.78 is 9.59. The van der Waals surface area contributed by atoms with Crippen molar-refractivity contribution in [1.82, 2.24) is 0 Å². The molecule has 1 rings (SSSR count). The molecule has 0 unspecified atom stereocenters. The van der Waals surface area contributed by atoms with Gasteiger partial charge in [0.1, 0.15) is 11.9 Å². The molecule has 4 nitrogen and oxygen atoms in total. The fraction of sp³-hybridized carbons (Fsp3) is 0.778. The maximum absolute atomic E-state index is 10.9. The fourth-order valence-electron chi connectivity index (χ4n) is 1.32. The number of Topliss-reactive ketones (excluding diaryl/α,β-unsaturated/α-hetero) is 1. The molecule has 1 fully saturated rings. The summed E-state index contributed by atoms with van der Waals surface area (Å²) in [5.41, 5.74) is 0. The van der Waals surface area contributed by atoms with Gasteiger partial charge in [0.05, 0.1) is 6.61 Å². The molecule has 0 aromatic carbocycles. The zero-order valence-corrected chi connectivity index (χ0v) is 7.75. The molecule has 13 heavy (non-hydrogen) atoms. The summed E-state index contributed by atoms with van der Waals surface area (Å²) >= 11 is 0. The number of carbonyl (C=O) groups is 2. The first-order valence-electron chi connectivity index (χ1n) is 4.57. The van der Waals surface area contributed by atoms with E-state index in [4.69, 9.17) is 4.74 Å². The van der Waals surface area contributed by atoms with E-state index in [9.17, 15) is 9.59 Å². The summed E-state index contributed by atoms with van der Waals surface area (Å²) in [5.74, 6) is 0.253. The summed E-state index contributed by atoms with van der Waals surface area (Å²) in [4.78, 5) is 21.7. The molecular formula is C9H14O4. The zero-order chi connectivity index (χ0) is 9.68. The molecule has 0 N–H and O–H groups in total. The second-order valence-corrected chi connectivity index (χ2v) is 3.04. The van der Waals surface area contributed by atoms with Crippen LogP contribution in [0.3, 0.4) is 0 Å². The van der Waals surface area contributed by atoms with E-state index in [1.807, 2.05) is 0 Å². The van der Waals surface area contributed by atoms with Crippen molar-refractivity contribution in [3.8, 4) is 0 Å². The smallest absolute Gasteiger partial charge is 0.435 e. The molecule has 0 atom stereocenters. The van der Waals surface area contributed by atoms with Crippen LogP contribution in [0.25, 0.3) is 0 Å². The number of ketones is 1. The van der Waals surface area contributed by atoms with Crippen LogP contribution >= 0.6 is 0 Å². The number of ether oxygens (including phenoxy) is 2. The molecule has 1 saturated carbocycles. The summed E-state index contributed by atoms with van der Waals surface area (Å²) in [7, 11) is 0. The molecule has 0 spiro atoms. The third-order valence-corrected chi connectivity index (χ3v) is 2.02. The Hall–Kier alpha value is -1.06. The van der Waals surface area contributed by atoms with Crippen LogP contribution < -0.4 is 0 Å². The Labute approximate surface area is 77.2 Å². The molecule has 0 radical (unpaired) electrons. The first kappa shape index (κ1) is 10.0. The molecule has 0 bridgehead atoms. The Morgan fingerprint density at radius 1 is 1.46 bits per heavy atom. The summed E-state index contributed by atoms with van der Waals surface area (Å²) in [6.45, 7) is 2.05. The lowest BCUT2D eigenvalue weighted by Crippen LogP contribution is -2.24. The van der Waals surface area contributed by atoms with Crippen LogP contribution in [0.5, 0.6) is 0 Å². The van der Waals surface area contributed by atoms with Crippen molar-refractivity contribution in [1.29, 1.82) is 0 Å². The maximum Gasteiger partial charge on any atom is 0.508 e. The Morgan fingerprint density at radius 2 is 2.08 bits per heavy atom. The third-order valence-electron chi connectivity index (χ3n) is 2.02. The third kappa shape index (κ3) is 3.44. The number of carbonyl (C=O) groups excluding carboxylic acids is 2. The highest BCUT2D eigenvalue weighted by molar-refractivity contribution is 5.79. The van der Waals surface area contributed by atoms with Crippen molar-refractivity contribution in [2.75, 3.05) is 6.61 Å². The highest BCUT2D eigenvalue weighted by Gasteiger charge is 2.22. The van der Waals surface area contributed by atoms with Crippen molar-refractivity contribution in [2.45, 2.75) is 38.7 Å². The van der Waals surface area contributed by atoms with Gasteiger partial charge in [-0.25, -0.2) is 4.79 Å². The summed E-state index contributed by atoms with van der Waals surface area (Å²) in [6, 6.07) is 0. The van der Waals surface area contributed by atoms with Crippen molar-refractivity contribution in [3.05, 3.63) is 0 Å². The first-order valence-corrected chi connectivity index (χ1v) is 4.57. The Bertz CT molecular complexity index is 190. The summed E-state index contributed by atoms with van der Waals surface area (Å²) in [6.07, 6.45) is 1.56. The van der Waals surface area contributed by atoms with Crippen LogP contribution in [0.1, 0.15) is 32.6 Å². The molecule has 4 heteroatoms. The maximum atomic E-state index is 10.9. The Morgan fingerprint density at radius 3 is 2.62 bits per heavy atom. The van der Waals surface area contributed by atoms with Crippen molar-refractivity contribution < 1.29 is 19.1 Å². The van der Waals surface area contributed by atoms with E-state index in [0.717, 1.165) is 0 Å². The van der Waals surface area contributed by atoms with Crippen LogP contribution in [-0.4, -0.2) is 24.6 Å². The van der Waals surface area contributed by atoms with E-state index >= 15 is 0 Å². The second-order valence-electron chi connectivity index (χ2n) is 3.04. The SMILES string of the molecule is CCOC(=O)OC1CCC(=O)CC1. The van der Waals surface area contributed by atoms with Crippen LogP contribution in [0.15, 0.2) is 0 Å². The minimum absolute atomic E-state index is 0.128. The van der Waals surface area contributed by atoms with E-state index in [0.29, 0.717) is 32.3 Å². The molecule has 74 valence electrons. The number of hydrogen-bond acceptors (Lipinski definition) is 4. The molecule has 0 amide bonds. The highest BCUT2D eigenvalue weighted by atomic mass is 16.7. The van der Waals surface area contributed by atoms with E-state index in [2.05, 4.69) is 4.74 Å². The molecule has 0 aliphatic heterocycles. The quantitative estimate of drug-likeness (QED) is 0.615. The molecule has 0 saturated heterocycles. The van der Waals surface area contributed by atoms with Crippen molar-refractivity contribution in [2.24, 2.45) is 0 Å². The molecule has 1 aliphatic carbocycles. The van der Waals surface area contributed by atoms with E-state index in [1.165, 1.54) is 0 Å². The average Bonchev–Trinajstić information content (AvgIpc) is 2.09. The van der Waals surface area contributed by atoms with Gasteiger partial charge in [0, 0.05) is 12.8 Å². The molecule has 1 aliphatic rings. The average molecular weight is 186 g/mol. The van der Waals surface area contributed by atoms with Gasteiger partial charge in [-0.2, -0.15) is 0 Å². The lowest BCUT2D eigenvalue weighted by atomic mass is 9.97. The van der Waals surface area contributed by atoms with Gasteiger partial charge < -0.3 is 9.47 Å². The largest absolute Gasteiger partial charge is 0.508 e. The predicted octanol–water partition coefficient (Wildman–Crippen LogP) is 1.67. The Kier molecular flexibility index (Phi) is 3.73. The van der Waals surface area contributed by atoms with Gasteiger partial charge in [-0.05, 0) is 19.8 Å². The Balaban J connectivity index is 2.22. The highest BCUT2D eigenvalue weighted by Crippen LogP contribution is 2.18. The standard InChI is InChI=1S/C9H14O4/c1-2-12-9(11)13-8-5-3-7(10)4-6-8/h8H,2-6H2,1H3. The topological polar surface area (TPSA) is 52.6 Å². The lowest BCUT2D eigenvalue weighted by Gasteiger charge is -2.20. The first-order chi connectivity index (χ1) is 6.22. The number of rotatable bonds is 2. The molecular weight excluding hydrogens is 172 g/mol. The monoisotopic (exact) mass is 186 g/mol. The van der Waals surface area contributed by atoms with Crippen LogP contribution in [-0.2, 0) is 14.3 Å². The molecule has 0 heterocycles. The van der Waals surface area contributed by atoms with E-state index in [1.54, 1.807) is 6.92 Å². The zero-order valence-electron chi connectivity index (χ0n) is 7.75. The van der Waals surface area contributed by atoms with Gasteiger partial charge in [0.2, 0.25) is 0 Å². The van der Waals surface area contributed by atoms with Gasteiger partial charge in [0.25, 0.3) is 0 Å². The summed E-state index contributed by atoms with van der Waals surface area (Å²) in [5, 5.41) is 0. The van der Waals surface area contributed by atoms with Gasteiger partial charge >= 0.3 is 6.16 Å². The van der Waals surface area contributed by atoms with Crippen LogP contribution in [0, 0.1) is 0 Å². The van der Waals surface area contributed by atoms with Crippen molar-refractivity contribution >= 4 is 11.9 Å². The molecule has 0 aromatic heterocycles. The van der Waals surface area contributed by atoms with Crippen LogP contribution in [0.2, 0.25) is 0 Å². The minimum Gasteiger partial charge on any atom is -0.435 e. The van der Waals surface area contributed by atoms with Gasteiger partial charge in [-0.1, -0.05) is 0 Å². The minimum atomic E-state index is -0.623. The van der Waals surface area contributed by atoms with E-state index in [-0.39, 0.29) is 11.9 Å². The van der Waals surface area contributed by atoms with Gasteiger partial charge in [-0.3, -0.25) is 4.79 Å². The normalized spacial score (nSPS) is 18.4. The number of hydrogen-bond donors (Lipinski definition) is 0. The van der Waals surface area contributed by atoms with Gasteiger partial charge in [0.15, 0.2) is 0 Å². The predicted molar refractivity (Wildman–Crippen MR) is 45.4 cm³/mol. The van der Waals surface area contributed by atoms with Gasteiger partial charge in [-0.15, -0.1) is 0 Å².